The monoisotopic (exact) mass is 398 g/mol. The lowest BCUT2D eigenvalue weighted by atomic mass is 10.1. The van der Waals surface area contributed by atoms with E-state index in [-0.39, 0.29) is 0 Å². The maximum atomic E-state index is 3.61. The van der Waals surface area contributed by atoms with Crippen molar-refractivity contribution in [1.29, 1.82) is 0 Å². The summed E-state index contributed by atoms with van der Waals surface area (Å²) in [4.78, 5) is 2.38. The van der Waals surface area contributed by atoms with Crippen LogP contribution in [0.25, 0.3) is 0 Å². The minimum Gasteiger partial charge on any atom is -0.317 e. The number of hydrogen-bond donors (Lipinski definition) is 1. The van der Waals surface area contributed by atoms with Gasteiger partial charge < -0.3 is 10.2 Å². The molecular weight excluding hydrogens is 340 g/mol. The van der Waals surface area contributed by atoms with Crippen molar-refractivity contribution in [3.63, 3.8) is 0 Å². The molecule has 2 heteroatoms. The maximum absolute atomic E-state index is 3.61. The van der Waals surface area contributed by atoms with Crippen LogP contribution in [0.4, 0.5) is 0 Å². The molecule has 28 heavy (non-hydrogen) atoms. The molecule has 0 amide bonds. The highest BCUT2D eigenvalue weighted by atomic mass is 15.1. The van der Waals surface area contributed by atoms with Crippen LogP contribution in [0.15, 0.2) is 0 Å². The van der Waals surface area contributed by atoms with Gasteiger partial charge in [0, 0.05) is 0 Å². The normalized spacial score (nSPS) is 10.9. The molecular formula is C26H58N2. The van der Waals surface area contributed by atoms with Crippen LogP contribution in [0.3, 0.4) is 0 Å². The first kappa shape index (κ1) is 30.1. The lowest BCUT2D eigenvalue weighted by Crippen LogP contribution is -2.21. The number of nitrogens with one attached hydrogen (secondary N) is 1. The van der Waals surface area contributed by atoms with Gasteiger partial charge in [-0.25, -0.2) is 0 Å². The average molecular weight is 399 g/mol. The molecule has 1 N–H and O–H groups in total. The Hall–Kier alpha value is -0.0800. The third-order valence-electron chi connectivity index (χ3n) is 5.76. The Morgan fingerprint density at radius 1 is 0.393 bits per heavy atom. The third-order valence-corrected chi connectivity index (χ3v) is 5.76. The van der Waals surface area contributed by atoms with Crippen molar-refractivity contribution >= 4 is 0 Å². The Morgan fingerprint density at radius 3 is 0.929 bits per heavy atom. The first-order valence-corrected chi connectivity index (χ1v) is 13.2. The van der Waals surface area contributed by atoms with Gasteiger partial charge in [0.25, 0.3) is 0 Å². The van der Waals surface area contributed by atoms with E-state index in [9.17, 15) is 0 Å². The van der Waals surface area contributed by atoms with Crippen LogP contribution in [0.5, 0.6) is 0 Å². The smallest absolute Gasteiger partial charge is 0.00474 e. The van der Waals surface area contributed by atoms with E-state index < -0.39 is 0 Å². The quantitative estimate of drug-likeness (QED) is 0.196. The van der Waals surface area contributed by atoms with Gasteiger partial charge in [0.2, 0.25) is 0 Å². The predicted molar refractivity (Wildman–Crippen MR) is 132 cm³/mol. The van der Waals surface area contributed by atoms with Gasteiger partial charge in [-0.1, -0.05) is 125 Å². The molecule has 0 saturated heterocycles. The van der Waals surface area contributed by atoms with Gasteiger partial charge in [-0.05, 0) is 45.6 Å². The summed E-state index contributed by atoms with van der Waals surface area (Å²) in [6, 6.07) is 0. The second-order valence-corrected chi connectivity index (χ2v) is 8.32. The summed E-state index contributed by atoms with van der Waals surface area (Å²) >= 11 is 0. The van der Waals surface area contributed by atoms with Crippen molar-refractivity contribution in [3.05, 3.63) is 0 Å². The first-order valence-electron chi connectivity index (χ1n) is 13.2. The molecule has 0 spiro atoms. The minimum atomic E-state index is 1.19. The predicted octanol–water partition coefficient (Wildman–Crippen LogP) is 8.21. The maximum Gasteiger partial charge on any atom is -0.00474 e. The summed E-state index contributed by atoms with van der Waals surface area (Å²) in [7, 11) is 0. The van der Waals surface area contributed by atoms with Crippen LogP contribution in [0.1, 0.15) is 137 Å². The van der Waals surface area contributed by atoms with Gasteiger partial charge in [-0.3, -0.25) is 0 Å². The first-order chi connectivity index (χ1) is 13.8. The number of unbranched alkanes of at least 4 members (excludes halogenated alkanes) is 14. The van der Waals surface area contributed by atoms with E-state index in [0.29, 0.717) is 0 Å². The van der Waals surface area contributed by atoms with Crippen molar-refractivity contribution in [1.82, 2.24) is 10.2 Å². The summed E-state index contributed by atoms with van der Waals surface area (Å²) in [5.74, 6) is 0. The molecule has 0 heterocycles. The van der Waals surface area contributed by atoms with E-state index in [0.717, 1.165) is 0 Å². The molecule has 2 nitrogen and oxygen atoms in total. The van der Waals surface area contributed by atoms with E-state index in [1.807, 2.05) is 0 Å². The Balaban J connectivity index is 0. The minimum absolute atomic E-state index is 1.19. The molecule has 0 aliphatic heterocycles. The summed E-state index contributed by atoms with van der Waals surface area (Å²) in [5.41, 5.74) is 0. The molecule has 0 unspecified atom stereocenters. The molecule has 0 aliphatic rings. The number of hydrogen-bond acceptors (Lipinski definition) is 2. The van der Waals surface area contributed by atoms with Crippen molar-refractivity contribution in [3.8, 4) is 0 Å². The van der Waals surface area contributed by atoms with Crippen LogP contribution >= 0.6 is 0 Å². The van der Waals surface area contributed by atoms with Crippen LogP contribution in [-0.2, 0) is 0 Å². The van der Waals surface area contributed by atoms with Gasteiger partial charge in [0.05, 0.1) is 0 Å². The summed E-state index contributed by atoms with van der Waals surface area (Å²) < 4.78 is 0. The van der Waals surface area contributed by atoms with E-state index in [4.69, 9.17) is 0 Å². The van der Waals surface area contributed by atoms with E-state index in [1.54, 1.807) is 0 Å². The fraction of sp³-hybridized carbons (Fsp3) is 1.00. The van der Waals surface area contributed by atoms with Crippen LogP contribution in [0.2, 0.25) is 0 Å². The second-order valence-electron chi connectivity index (χ2n) is 8.32. The van der Waals surface area contributed by atoms with Crippen molar-refractivity contribution < 1.29 is 0 Å². The van der Waals surface area contributed by atoms with Crippen molar-refractivity contribution in [2.24, 2.45) is 0 Å². The molecule has 0 bridgehead atoms. The summed E-state index contributed by atoms with van der Waals surface area (Å²) in [6.45, 7) is 17.2. The standard InChI is InChI=1S/C20H43N.C6H15N/c1-3-5-7-9-11-13-15-17-19-21-20-18-16-14-12-10-8-6-4-2;1-4-7(5-2)6-3/h21H,3-20H2,1-2H3;4-6H2,1-3H3. The highest BCUT2D eigenvalue weighted by Gasteiger charge is 1.93. The molecule has 0 atom stereocenters. The SMILES string of the molecule is CCCCCCCCCCNCCCCCCCCCC.CCN(CC)CC. The van der Waals surface area contributed by atoms with Crippen molar-refractivity contribution in [2.75, 3.05) is 32.7 Å². The van der Waals surface area contributed by atoms with Crippen LogP contribution < -0.4 is 5.32 Å². The van der Waals surface area contributed by atoms with E-state index >= 15 is 0 Å². The molecule has 0 aromatic rings. The third kappa shape index (κ3) is 28.1. The lowest BCUT2D eigenvalue weighted by molar-refractivity contribution is 0.321. The Kier molecular flexibility index (Phi) is 31.3. The second kappa shape index (κ2) is 29.1. The molecule has 0 fully saturated rings. The average Bonchev–Trinajstić information content (AvgIpc) is 2.72. The van der Waals surface area contributed by atoms with Crippen LogP contribution in [-0.4, -0.2) is 37.6 Å². The highest BCUT2D eigenvalue weighted by Crippen LogP contribution is 2.09. The largest absolute Gasteiger partial charge is 0.317 e. The fourth-order valence-electron chi connectivity index (χ4n) is 3.56. The Morgan fingerprint density at radius 2 is 0.679 bits per heavy atom. The zero-order chi connectivity index (χ0) is 21.1. The zero-order valence-corrected chi connectivity index (χ0v) is 20.8. The Labute approximate surface area is 180 Å². The van der Waals surface area contributed by atoms with Gasteiger partial charge in [0.1, 0.15) is 0 Å². The number of rotatable bonds is 21. The van der Waals surface area contributed by atoms with Gasteiger partial charge in [-0.2, -0.15) is 0 Å². The molecule has 0 aliphatic carbocycles. The van der Waals surface area contributed by atoms with E-state index in [2.05, 4.69) is 44.8 Å². The zero-order valence-electron chi connectivity index (χ0n) is 20.8. The summed E-state index contributed by atoms with van der Waals surface area (Å²) in [5, 5.41) is 3.61. The molecule has 0 rings (SSSR count). The van der Waals surface area contributed by atoms with Gasteiger partial charge in [-0.15, -0.1) is 0 Å². The van der Waals surface area contributed by atoms with E-state index in [1.165, 1.54) is 135 Å². The molecule has 0 aromatic heterocycles. The summed E-state index contributed by atoms with van der Waals surface area (Å²) in [6.07, 6.45) is 22.8. The van der Waals surface area contributed by atoms with Crippen LogP contribution in [0, 0.1) is 0 Å². The molecule has 172 valence electrons. The Bertz CT molecular complexity index is 215. The fourth-order valence-corrected chi connectivity index (χ4v) is 3.56. The number of nitrogens with zero attached hydrogens (tertiary/aromatic N) is 1. The highest BCUT2D eigenvalue weighted by molar-refractivity contribution is 4.52. The van der Waals surface area contributed by atoms with Crippen molar-refractivity contribution in [2.45, 2.75) is 137 Å². The molecule has 0 aromatic carbocycles. The topological polar surface area (TPSA) is 15.3 Å². The van der Waals surface area contributed by atoms with Gasteiger partial charge in [0.15, 0.2) is 0 Å². The molecule has 0 radical (unpaired) electrons. The molecule has 0 saturated carbocycles. The van der Waals surface area contributed by atoms with Gasteiger partial charge >= 0.3 is 0 Å². The lowest BCUT2D eigenvalue weighted by Gasteiger charge is -2.13.